The van der Waals surface area contributed by atoms with Crippen LogP contribution in [-0.2, 0) is 6.54 Å². The normalized spacial score (nSPS) is 15.7. The summed E-state index contributed by atoms with van der Waals surface area (Å²) in [6, 6.07) is 7.57. The summed E-state index contributed by atoms with van der Waals surface area (Å²) in [5, 5.41) is 6.12. The number of amides is 2. The van der Waals surface area contributed by atoms with Crippen LogP contribution in [-0.4, -0.2) is 37.1 Å². The van der Waals surface area contributed by atoms with Crippen LogP contribution < -0.4 is 16.4 Å². The summed E-state index contributed by atoms with van der Waals surface area (Å²) >= 11 is 0. The van der Waals surface area contributed by atoms with Crippen molar-refractivity contribution < 1.29 is 4.79 Å². The van der Waals surface area contributed by atoms with E-state index < -0.39 is 0 Å². The molecule has 17 heavy (non-hydrogen) atoms. The van der Waals surface area contributed by atoms with Crippen LogP contribution in [0.25, 0.3) is 0 Å². The molecule has 0 unspecified atom stereocenters. The molecule has 1 aliphatic rings. The van der Waals surface area contributed by atoms with Gasteiger partial charge in [0.1, 0.15) is 0 Å². The molecule has 4 N–H and O–H groups in total. The minimum Gasteiger partial charge on any atom is -0.326 e. The molecule has 1 aliphatic heterocycles. The summed E-state index contributed by atoms with van der Waals surface area (Å²) in [4.78, 5) is 13.8. The summed E-state index contributed by atoms with van der Waals surface area (Å²) in [5.41, 5.74) is 7.39. The van der Waals surface area contributed by atoms with E-state index in [0.29, 0.717) is 6.54 Å². The second-order valence-corrected chi connectivity index (χ2v) is 4.03. The van der Waals surface area contributed by atoms with Crippen LogP contribution in [0.5, 0.6) is 0 Å². The highest BCUT2D eigenvalue weighted by atomic mass is 16.2. The summed E-state index contributed by atoms with van der Waals surface area (Å²) < 4.78 is 0. The molecule has 1 saturated heterocycles. The highest BCUT2D eigenvalue weighted by Crippen LogP contribution is 2.14. The van der Waals surface area contributed by atoms with Crippen molar-refractivity contribution in [2.24, 2.45) is 5.73 Å². The van der Waals surface area contributed by atoms with Crippen LogP contribution in [0.2, 0.25) is 0 Å². The Morgan fingerprint density at radius 1 is 1.35 bits per heavy atom. The number of rotatable bonds is 2. The number of anilines is 1. The molecule has 2 amide bonds. The minimum atomic E-state index is -0.0487. The van der Waals surface area contributed by atoms with E-state index in [1.165, 1.54) is 0 Å². The van der Waals surface area contributed by atoms with Gasteiger partial charge in [-0.05, 0) is 11.6 Å². The van der Waals surface area contributed by atoms with Crippen LogP contribution in [0.4, 0.5) is 10.5 Å². The van der Waals surface area contributed by atoms with Gasteiger partial charge in [-0.3, -0.25) is 0 Å². The number of nitrogens with zero attached hydrogens (tertiary/aromatic N) is 1. The largest absolute Gasteiger partial charge is 0.326 e. The molecule has 0 radical (unpaired) electrons. The minimum absolute atomic E-state index is 0.0487. The third-order valence-corrected chi connectivity index (χ3v) is 2.88. The fourth-order valence-corrected chi connectivity index (χ4v) is 1.88. The maximum atomic E-state index is 12.0. The average molecular weight is 234 g/mol. The van der Waals surface area contributed by atoms with Crippen LogP contribution >= 0.6 is 0 Å². The van der Waals surface area contributed by atoms with E-state index >= 15 is 0 Å². The summed E-state index contributed by atoms with van der Waals surface area (Å²) in [6.07, 6.45) is 0. The van der Waals surface area contributed by atoms with Gasteiger partial charge in [0, 0.05) is 38.4 Å². The Morgan fingerprint density at radius 3 is 2.76 bits per heavy atom. The second-order valence-electron chi connectivity index (χ2n) is 4.03. The molecule has 0 aliphatic carbocycles. The monoisotopic (exact) mass is 234 g/mol. The first-order chi connectivity index (χ1) is 8.31. The van der Waals surface area contributed by atoms with Crippen molar-refractivity contribution in [3.8, 4) is 0 Å². The van der Waals surface area contributed by atoms with Gasteiger partial charge in [0.2, 0.25) is 0 Å². The Kier molecular flexibility index (Phi) is 3.95. The quantitative estimate of drug-likeness (QED) is 0.701. The van der Waals surface area contributed by atoms with Gasteiger partial charge in [-0.1, -0.05) is 18.2 Å². The Labute approximate surface area is 101 Å². The van der Waals surface area contributed by atoms with Crippen LogP contribution in [0.15, 0.2) is 24.3 Å². The first-order valence-corrected chi connectivity index (χ1v) is 5.86. The first kappa shape index (κ1) is 11.9. The number of nitrogens with two attached hydrogens (primary N) is 1. The van der Waals surface area contributed by atoms with Gasteiger partial charge < -0.3 is 21.3 Å². The maximum absolute atomic E-state index is 12.0. The Hall–Kier alpha value is -1.59. The predicted octanol–water partition coefficient (Wildman–Crippen LogP) is 0.582. The van der Waals surface area contributed by atoms with Gasteiger partial charge >= 0.3 is 6.03 Å². The Morgan fingerprint density at radius 2 is 2.06 bits per heavy atom. The fraction of sp³-hybridized carbons (Fsp3) is 0.417. The van der Waals surface area contributed by atoms with E-state index in [4.69, 9.17) is 5.73 Å². The van der Waals surface area contributed by atoms with Crippen molar-refractivity contribution in [2.45, 2.75) is 6.54 Å². The molecule has 1 fully saturated rings. The van der Waals surface area contributed by atoms with Gasteiger partial charge in [0.05, 0.1) is 0 Å². The zero-order valence-electron chi connectivity index (χ0n) is 9.78. The predicted molar refractivity (Wildman–Crippen MR) is 67.8 cm³/mol. The van der Waals surface area contributed by atoms with Gasteiger partial charge in [-0.2, -0.15) is 0 Å². The SMILES string of the molecule is NCc1ccccc1NC(=O)N1CCNCC1. The molecule has 0 atom stereocenters. The van der Waals surface area contributed by atoms with Crippen LogP contribution in [0, 0.1) is 0 Å². The van der Waals surface area contributed by atoms with Crippen molar-refractivity contribution in [3.05, 3.63) is 29.8 Å². The molecule has 1 aromatic carbocycles. The van der Waals surface area contributed by atoms with Gasteiger partial charge in [0.15, 0.2) is 0 Å². The van der Waals surface area contributed by atoms with Crippen molar-refractivity contribution in [2.75, 3.05) is 31.5 Å². The van der Waals surface area contributed by atoms with Crippen LogP contribution in [0.3, 0.4) is 0 Å². The van der Waals surface area contributed by atoms with E-state index in [1.807, 2.05) is 29.2 Å². The topological polar surface area (TPSA) is 70.4 Å². The number of hydrogen-bond donors (Lipinski definition) is 3. The van der Waals surface area contributed by atoms with Crippen LogP contribution in [0.1, 0.15) is 5.56 Å². The third-order valence-electron chi connectivity index (χ3n) is 2.88. The lowest BCUT2D eigenvalue weighted by atomic mass is 10.2. The molecular weight excluding hydrogens is 216 g/mol. The smallest absolute Gasteiger partial charge is 0.321 e. The average Bonchev–Trinajstić information content (AvgIpc) is 2.40. The number of hydrogen-bond acceptors (Lipinski definition) is 3. The highest BCUT2D eigenvalue weighted by Gasteiger charge is 2.16. The number of carbonyl (C=O) groups excluding carboxylic acids is 1. The number of benzene rings is 1. The molecule has 1 heterocycles. The number of piperazine rings is 1. The molecule has 0 saturated carbocycles. The zero-order valence-corrected chi connectivity index (χ0v) is 9.78. The van der Waals surface area contributed by atoms with Crippen molar-refractivity contribution >= 4 is 11.7 Å². The van der Waals surface area contributed by atoms with Crippen molar-refractivity contribution in [1.29, 1.82) is 0 Å². The van der Waals surface area contributed by atoms with Crippen molar-refractivity contribution in [3.63, 3.8) is 0 Å². The summed E-state index contributed by atoms with van der Waals surface area (Å²) in [6.45, 7) is 3.63. The lowest BCUT2D eigenvalue weighted by Gasteiger charge is -2.27. The molecule has 0 spiro atoms. The third kappa shape index (κ3) is 2.95. The lowest BCUT2D eigenvalue weighted by Crippen LogP contribution is -2.48. The second kappa shape index (κ2) is 5.65. The number of urea groups is 1. The molecule has 0 bridgehead atoms. The Bertz CT molecular complexity index is 388. The van der Waals surface area contributed by atoms with E-state index in [2.05, 4.69) is 10.6 Å². The highest BCUT2D eigenvalue weighted by molar-refractivity contribution is 5.90. The lowest BCUT2D eigenvalue weighted by molar-refractivity contribution is 0.204. The van der Waals surface area contributed by atoms with E-state index in [1.54, 1.807) is 0 Å². The fourth-order valence-electron chi connectivity index (χ4n) is 1.88. The van der Waals surface area contributed by atoms with Gasteiger partial charge in [-0.15, -0.1) is 0 Å². The zero-order chi connectivity index (χ0) is 12.1. The molecule has 1 aromatic rings. The van der Waals surface area contributed by atoms with Gasteiger partial charge in [0.25, 0.3) is 0 Å². The van der Waals surface area contributed by atoms with E-state index in [-0.39, 0.29) is 6.03 Å². The molecule has 0 aromatic heterocycles. The standard InChI is InChI=1S/C12H18N4O/c13-9-10-3-1-2-4-11(10)15-12(17)16-7-5-14-6-8-16/h1-4,14H,5-9,13H2,(H,15,17). The molecule has 5 nitrogen and oxygen atoms in total. The summed E-state index contributed by atoms with van der Waals surface area (Å²) in [5.74, 6) is 0. The number of para-hydroxylation sites is 1. The molecular formula is C12H18N4O. The summed E-state index contributed by atoms with van der Waals surface area (Å²) in [7, 11) is 0. The molecule has 5 heteroatoms. The first-order valence-electron chi connectivity index (χ1n) is 5.86. The van der Waals surface area contributed by atoms with Crippen molar-refractivity contribution in [1.82, 2.24) is 10.2 Å². The van der Waals surface area contributed by atoms with Gasteiger partial charge in [-0.25, -0.2) is 4.79 Å². The molecule has 2 rings (SSSR count). The van der Waals surface area contributed by atoms with E-state index in [9.17, 15) is 4.79 Å². The molecule has 92 valence electrons. The Balaban J connectivity index is 2.01. The maximum Gasteiger partial charge on any atom is 0.321 e. The number of carbonyl (C=O) groups is 1. The number of nitrogens with one attached hydrogen (secondary N) is 2. The van der Waals surface area contributed by atoms with E-state index in [0.717, 1.165) is 37.4 Å².